The number of aldehydes is 1. The van der Waals surface area contributed by atoms with Crippen molar-refractivity contribution in [2.45, 2.75) is 67.0 Å². The minimum Gasteiger partial charge on any atom is -0.390 e. The predicted octanol–water partition coefficient (Wildman–Crippen LogP) is -2.01. The van der Waals surface area contributed by atoms with Crippen LogP contribution in [0.4, 0.5) is 0 Å². The van der Waals surface area contributed by atoms with Gasteiger partial charge in [0.05, 0.1) is 16.1 Å². The molecule has 12 nitrogen and oxygen atoms in total. The van der Waals surface area contributed by atoms with Crippen molar-refractivity contribution in [3.05, 3.63) is 0 Å². The highest BCUT2D eigenvalue weighted by molar-refractivity contribution is 14.1. The SMILES string of the molecule is CO[C@H]1OC(C)[C@@H](OC(O)[C@@H](OS(=O)(=O)O)[C@H](O)[C@H](O)C(I)C=O)[C@H](O)C1C. The molecule has 166 valence electrons. The summed E-state index contributed by atoms with van der Waals surface area (Å²) in [5.74, 6) is -0.594. The molecule has 0 bridgehead atoms. The maximum Gasteiger partial charge on any atom is 0.397 e. The Hall–Kier alpha value is -0.0100. The van der Waals surface area contributed by atoms with E-state index < -0.39 is 69.4 Å². The molecular formula is C14H25IO12S. The van der Waals surface area contributed by atoms with Gasteiger partial charge < -0.3 is 39.4 Å². The molecule has 10 atom stereocenters. The largest absolute Gasteiger partial charge is 0.397 e. The second kappa shape index (κ2) is 10.9. The zero-order valence-electron chi connectivity index (χ0n) is 15.2. The Labute approximate surface area is 175 Å². The first-order valence-electron chi connectivity index (χ1n) is 8.15. The molecule has 1 aliphatic rings. The standard InChI is InChI=1S/C14H25IO12S/c1-5-8(17)11(6(2)25-14(5)24-3)26-13(20)12(27-28(21,22)23)10(19)9(18)7(15)4-16/h4-14,17-20H,1-3H3,(H,21,22,23)/t5?,6?,7?,8-,9-,10-,11-,12+,13?,14+/m1/s1. The molecule has 0 radical (unpaired) electrons. The monoisotopic (exact) mass is 544 g/mol. The van der Waals surface area contributed by atoms with Gasteiger partial charge in [-0.2, -0.15) is 8.42 Å². The zero-order chi connectivity index (χ0) is 21.8. The van der Waals surface area contributed by atoms with Gasteiger partial charge in [-0.25, -0.2) is 4.18 Å². The fraction of sp³-hybridized carbons (Fsp3) is 0.929. The number of hydrogen-bond acceptors (Lipinski definition) is 11. The summed E-state index contributed by atoms with van der Waals surface area (Å²) in [5.41, 5.74) is 0. The first-order chi connectivity index (χ1) is 12.8. The van der Waals surface area contributed by atoms with Gasteiger partial charge in [0, 0.05) is 13.0 Å². The molecule has 1 heterocycles. The second-order valence-electron chi connectivity index (χ2n) is 6.34. The average molecular weight is 544 g/mol. The number of ether oxygens (including phenoxy) is 3. The summed E-state index contributed by atoms with van der Waals surface area (Å²) in [6.07, 6.45) is -12.2. The Morgan fingerprint density at radius 3 is 2.21 bits per heavy atom. The van der Waals surface area contributed by atoms with Gasteiger partial charge in [0.15, 0.2) is 18.7 Å². The van der Waals surface area contributed by atoms with E-state index in [0.717, 1.165) is 0 Å². The predicted molar refractivity (Wildman–Crippen MR) is 99.7 cm³/mol. The van der Waals surface area contributed by atoms with Crippen LogP contribution < -0.4 is 0 Å². The molecule has 0 amide bonds. The van der Waals surface area contributed by atoms with Gasteiger partial charge in [0.1, 0.15) is 24.6 Å². The molecule has 1 fully saturated rings. The highest BCUT2D eigenvalue weighted by atomic mass is 127. The van der Waals surface area contributed by atoms with Crippen LogP contribution in [0.5, 0.6) is 0 Å². The maximum absolute atomic E-state index is 11.1. The highest BCUT2D eigenvalue weighted by Crippen LogP contribution is 2.30. The van der Waals surface area contributed by atoms with Crippen molar-refractivity contribution in [1.82, 2.24) is 0 Å². The fourth-order valence-corrected chi connectivity index (χ4v) is 3.64. The first kappa shape index (κ1) is 26.0. The Bertz CT molecular complexity index is 603. The van der Waals surface area contributed by atoms with E-state index in [2.05, 4.69) is 4.18 Å². The van der Waals surface area contributed by atoms with Crippen LogP contribution in [0.1, 0.15) is 13.8 Å². The normalized spacial score (nSPS) is 34.2. The van der Waals surface area contributed by atoms with Gasteiger partial charge in [0.2, 0.25) is 0 Å². The van der Waals surface area contributed by atoms with Crippen LogP contribution >= 0.6 is 22.6 Å². The highest BCUT2D eigenvalue weighted by Gasteiger charge is 2.46. The Morgan fingerprint density at radius 2 is 1.75 bits per heavy atom. The van der Waals surface area contributed by atoms with Gasteiger partial charge in [0.25, 0.3) is 0 Å². The molecule has 0 aliphatic carbocycles. The van der Waals surface area contributed by atoms with E-state index in [-0.39, 0.29) is 6.29 Å². The van der Waals surface area contributed by atoms with Crippen molar-refractivity contribution in [2.75, 3.05) is 7.11 Å². The maximum atomic E-state index is 11.1. The third-order valence-electron chi connectivity index (χ3n) is 4.30. The molecule has 0 saturated carbocycles. The quantitative estimate of drug-likeness (QED) is 0.0669. The zero-order valence-corrected chi connectivity index (χ0v) is 18.2. The summed E-state index contributed by atoms with van der Waals surface area (Å²) in [6.45, 7) is 3.08. The van der Waals surface area contributed by atoms with E-state index in [1.54, 1.807) is 6.92 Å². The van der Waals surface area contributed by atoms with Crippen LogP contribution in [0.2, 0.25) is 0 Å². The lowest BCUT2D eigenvalue weighted by atomic mass is 9.92. The summed E-state index contributed by atoms with van der Waals surface area (Å²) in [5, 5.41) is 40.7. The summed E-state index contributed by atoms with van der Waals surface area (Å²) >= 11 is 1.47. The van der Waals surface area contributed by atoms with Crippen molar-refractivity contribution in [2.24, 2.45) is 5.92 Å². The van der Waals surface area contributed by atoms with Crippen LogP contribution in [0.25, 0.3) is 0 Å². The Balaban J connectivity index is 3.02. The van der Waals surface area contributed by atoms with Crippen molar-refractivity contribution in [3.63, 3.8) is 0 Å². The number of alkyl halides is 1. The van der Waals surface area contributed by atoms with Crippen LogP contribution in [0.15, 0.2) is 0 Å². The minimum absolute atomic E-state index is 0.277. The van der Waals surface area contributed by atoms with Crippen LogP contribution in [-0.2, 0) is 33.6 Å². The third-order valence-corrected chi connectivity index (χ3v) is 5.80. The molecule has 1 aliphatic heterocycles. The van der Waals surface area contributed by atoms with E-state index in [4.69, 9.17) is 18.8 Å². The molecule has 5 N–H and O–H groups in total. The molecule has 0 spiro atoms. The van der Waals surface area contributed by atoms with E-state index in [0.29, 0.717) is 0 Å². The van der Waals surface area contributed by atoms with E-state index in [1.807, 2.05) is 0 Å². The number of halogens is 1. The van der Waals surface area contributed by atoms with Crippen LogP contribution in [0, 0.1) is 5.92 Å². The number of carbonyl (C=O) groups excluding carboxylic acids is 1. The number of hydrogen-bond donors (Lipinski definition) is 5. The summed E-state index contributed by atoms with van der Waals surface area (Å²) < 4.78 is 49.9. The van der Waals surface area contributed by atoms with Crippen molar-refractivity contribution in [1.29, 1.82) is 0 Å². The molecule has 28 heavy (non-hydrogen) atoms. The topological polar surface area (TPSA) is 189 Å². The lowest BCUT2D eigenvalue weighted by Crippen LogP contribution is -2.58. The average Bonchev–Trinajstić information content (AvgIpc) is 2.63. The van der Waals surface area contributed by atoms with Gasteiger partial charge in [-0.15, -0.1) is 0 Å². The molecule has 0 aromatic heterocycles. The van der Waals surface area contributed by atoms with Crippen molar-refractivity contribution in [3.8, 4) is 0 Å². The fourth-order valence-electron chi connectivity index (χ4n) is 2.73. The molecule has 1 saturated heterocycles. The Morgan fingerprint density at radius 1 is 1.18 bits per heavy atom. The number of aliphatic hydroxyl groups is 4. The van der Waals surface area contributed by atoms with E-state index in [9.17, 15) is 33.6 Å². The van der Waals surface area contributed by atoms with Crippen molar-refractivity contribution >= 4 is 39.3 Å². The minimum atomic E-state index is -5.19. The first-order valence-corrected chi connectivity index (χ1v) is 10.8. The van der Waals surface area contributed by atoms with Gasteiger partial charge in [-0.05, 0) is 6.92 Å². The Kier molecular flexibility index (Phi) is 10.1. The summed E-state index contributed by atoms with van der Waals surface area (Å²) in [4.78, 5) is 10.8. The number of aliphatic hydroxyl groups excluding tert-OH is 4. The molecule has 0 aromatic carbocycles. The molecule has 0 aromatic rings. The van der Waals surface area contributed by atoms with Gasteiger partial charge >= 0.3 is 10.4 Å². The number of rotatable bonds is 10. The molecule has 1 rings (SSSR count). The smallest absolute Gasteiger partial charge is 0.390 e. The van der Waals surface area contributed by atoms with Crippen molar-refractivity contribution < 1.29 is 56.6 Å². The van der Waals surface area contributed by atoms with E-state index in [1.165, 1.54) is 36.6 Å². The van der Waals surface area contributed by atoms with Gasteiger partial charge in [-0.3, -0.25) is 4.55 Å². The summed E-state index contributed by atoms with van der Waals surface area (Å²) in [6, 6.07) is 0. The lowest BCUT2D eigenvalue weighted by molar-refractivity contribution is -0.308. The van der Waals surface area contributed by atoms with Gasteiger partial charge in [-0.1, -0.05) is 29.5 Å². The summed E-state index contributed by atoms with van der Waals surface area (Å²) in [7, 11) is -3.81. The molecular weight excluding hydrogens is 519 g/mol. The van der Waals surface area contributed by atoms with Crippen LogP contribution in [-0.4, -0.2) is 99.9 Å². The third kappa shape index (κ3) is 6.76. The van der Waals surface area contributed by atoms with Crippen LogP contribution in [0.3, 0.4) is 0 Å². The molecule has 14 heteroatoms. The van der Waals surface area contributed by atoms with E-state index >= 15 is 0 Å². The molecule has 4 unspecified atom stereocenters. The number of carbonyl (C=O) groups is 1. The number of methoxy groups -OCH3 is 1. The second-order valence-corrected chi connectivity index (χ2v) is 8.82. The lowest BCUT2D eigenvalue weighted by Gasteiger charge is -2.43.